The molecule has 1 aliphatic rings. The van der Waals surface area contributed by atoms with Crippen molar-refractivity contribution in [3.63, 3.8) is 0 Å². The number of benzene rings is 1. The first-order chi connectivity index (χ1) is 11.5. The molecule has 1 saturated carbocycles. The summed E-state index contributed by atoms with van der Waals surface area (Å²) < 4.78 is 32.1. The maximum Gasteiger partial charge on any atom is 0.357 e. The summed E-state index contributed by atoms with van der Waals surface area (Å²) in [6.45, 7) is 2.18. The van der Waals surface area contributed by atoms with Gasteiger partial charge in [-0.05, 0) is 31.9 Å². The van der Waals surface area contributed by atoms with E-state index in [1.807, 2.05) is 0 Å². The van der Waals surface area contributed by atoms with Crippen molar-refractivity contribution in [3.05, 3.63) is 46.4 Å². The van der Waals surface area contributed by atoms with Gasteiger partial charge in [-0.2, -0.15) is 4.31 Å². The third kappa shape index (κ3) is 3.66. The first kappa shape index (κ1) is 17.1. The van der Waals surface area contributed by atoms with Crippen LogP contribution in [0.2, 0.25) is 0 Å². The molecule has 1 aromatic carbocycles. The van der Waals surface area contributed by atoms with Crippen LogP contribution >= 0.6 is 11.3 Å². The van der Waals surface area contributed by atoms with Crippen LogP contribution in [-0.4, -0.2) is 36.3 Å². The van der Waals surface area contributed by atoms with Crippen LogP contribution in [0.1, 0.15) is 35.3 Å². The average Bonchev–Trinajstić information content (AvgIpc) is 3.31. The second-order valence-corrected chi connectivity index (χ2v) is 8.27. The van der Waals surface area contributed by atoms with E-state index in [-0.39, 0.29) is 29.8 Å². The highest BCUT2D eigenvalue weighted by Gasteiger charge is 2.38. The Morgan fingerprint density at radius 1 is 1.33 bits per heavy atom. The number of hydrogen-bond donors (Lipinski definition) is 0. The molecule has 3 rings (SSSR count). The average molecular weight is 366 g/mol. The van der Waals surface area contributed by atoms with Crippen LogP contribution < -0.4 is 0 Å². The number of ether oxygens (including phenoxy) is 1. The van der Waals surface area contributed by atoms with E-state index in [1.54, 1.807) is 42.6 Å². The minimum absolute atomic E-state index is 0.00477. The van der Waals surface area contributed by atoms with Crippen LogP contribution in [0, 0.1) is 0 Å². The minimum atomic E-state index is -3.57. The van der Waals surface area contributed by atoms with Gasteiger partial charge in [-0.15, -0.1) is 11.3 Å². The normalized spacial score (nSPS) is 14.8. The number of nitrogens with zero attached hydrogens (tertiary/aromatic N) is 2. The van der Waals surface area contributed by atoms with Gasteiger partial charge < -0.3 is 4.74 Å². The summed E-state index contributed by atoms with van der Waals surface area (Å²) in [5, 5.41) is 2.19. The SMILES string of the molecule is CCOC(=O)c1csc(CN(C2CC2)S(=O)(=O)c2ccccc2)n1. The number of rotatable bonds is 7. The van der Waals surface area contributed by atoms with Crippen LogP contribution in [0.5, 0.6) is 0 Å². The zero-order valence-electron chi connectivity index (χ0n) is 13.2. The van der Waals surface area contributed by atoms with Gasteiger partial charge >= 0.3 is 5.97 Å². The Labute approximate surface area is 145 Å². The lowest BCUT2D eigenvalue weighted by Crippen LogP contribution is -2.32. The van der Waals surface area contributed by atoms with Gasteiger partial charge in [0, 0.05) is 11.4 Å². The van der Waals surface area contributed by atoms with E-state index in [4.69, 9.17) is 4.74 Å². The van der Waals surface area contributed by atoms with Gasteiger partial charge in [0.2, 0.25) is 10.0 Å². The van der Waals surface area contributed by atoms with Crippen molar-refractivity contribution < 1.29 is 17.9 Å². The summed E-state index contributed by atoms with van der Waals surface area (Å²) >= 11 is 1.27. The Bertz CT molecular complexity index is 814. The lowest BCUT2D eigenvalue weighted by atomic mass is 10.4. The molecular formula is C16H18N2O4S2. The van der Waals surface area contributed by atoms with E-state index in [0.29, 0.717) is 5.01 Å². The Hall–Kier alpha value is -1.77. The molecule has 0 radical (unpaired) electrons. The number of sulfonamides is 1. The first-order valence-corrected chi connectivity index (χ1v) is 10.0. The van der Waals surface area contributed by atoms with Crippen molar-refractivity contribution in [2.45, 2.75) is 37.2 Å². The summed E-state index contributed by atoms with van der Waals surface area (Å²) in [6.07, 6.45) is 1.70. The fraction of sp³-hybridized carbons (Fsp3) is 0.375. The third-order valence-corrected chi connectivity index (χ3v) is 6.38. The topological polar surface area (TPSA) is 76.6 Å². The predicted molar refractivity (Wildman–Crippen MR) is 90.3 cm³/mol. The van der Waals surface area contributed by atoms with E-state index in [9.17, 15) is 13.2 Å². The lowest BCUT2D eigenvalue weighted by molar-refractivity contribution is 0.0520. The second kappa shape index (κ2) is 7.00. The molecule has 0 aliphatic heterocycles. The Balaban J connectivity index is 1.82. The predicted octanol–water partition coefficient (Wildman–Crippen LogP) is 2.67. The molecule has 0 saturated heterocycles. The molecule has 0 unspecified atom stereocenters. The van der Waals surface area contributed by atoms with E-state index in [0.717, 1.165) is 12.8 Å². The maximum atomic E-state index is 12.9. The van der Waals surface area contributed by atoms with Crippen molar-refractivity contribution >= 4 is 27.3 Å². The van der Waals surface area contributed by atoms with Crippen molar-refractivity contribution in [3.8, 4) is 0 Å². The lowest BCUT2D eigenvalue weighted by Gasteiger charge is -2.20. The largest absolute Gasteiger partial charge is 0.461 e. The van der Waals surface area contributed by atoms with E-state index >= 15 is 0 Å². The summed E-state index contributed by atoms with van der Waals surface area (Å²) in [6, 6.07) is 8.39. The van der Waals surface area contributed by atoms with Gasteiger partial charge in [-0.25, -0.2) is 18.2 Å². The van der Waals surface area contributed by atoms with Crippen molar-refractivity contribution in [2.24, 2.45) is 0 Å². The smallest absolute Gasteiger partial charge is 0.357 e. The number of thiazole rings is 1. The summed E-state index contributed by atoms with van der Waals surface area (Å²) in [5.74, 6) is -0.483. The molecule has 1 fully saturated rings. The van der Waals surface area contributed by atoms with Crippen molar-refractivity contribution in [1.29, 1.82) is 0 Å². The Morgan fingerprint density at radius 3 is 2.67 bits per heavy atom. The van der Waals surface area contributed by atoms with Gasteiger partial charge in [0.1, 0.15) is 5.01 Å². The van der Waals surface area contributed by atoms with Crippen LogP contribution in [0.4, 0.5) is 0 Å². The molecule has 8 heteroatoms. The van der Waals surface area contributed by atoms with E-state index in [1.165, 1.54) is 15.6 Å². The zero-order valence-corrected chi connectivity index (χ0v) is 14.8. The Morgan fingerprint density at radius 2 is 2.04 bits per heavy atom. The molecule has 1 heterocycles. The summed E-state index contributed by atoms with van der Waals surface area (Å²) in [7, 11) is -3.57. The molecule has 0 spiro atoms. The highest BCUT2D eigenvalue weighted by atomic mass is 32.2. The summed E-state index contributed by atoms with van der Waals surface area (Å²) in [4.78, 5) is 16.2. The van der Waals surface area contributed by atoms with E-state index in [2.05, 4.69) is 4.98 Å². The molecule has 0 amide bonds. The standard InChI is InChI=1S/C16H18N2O4S2/c1-2-22-16(19)14-11-23-15(17-14)10-18(12-8-9-12)24(20,21)13-6-4-3-5-7-13/h3-7,11-12H,2,8-10H2,1H3. The molecule has 1 aliphatic carbocycles. The Kier molecular flexibility index (Phi) is 4.98. The number of aromatic nitrogens is 1. The number of esters is 1. The second-order valence-electron chi connectivity index (χ2n) is 5.44. The number of carbonyl (C=O) groups excluding carboxylic acids is 1. The van der Waals surface area contributed by atoms with Crippen LogP contribution in [0.15, 0.2) is 40.6 Å². The molecule has 6 nitrogen and oxygen atoms in total. The molecule has 128 valence electrons. The fourth-order valence-electron chi connectivity index (χ4n) is 2.32. The molecular weight excluding hydrogens is 348 g/mol. The zero-order chi connectivity index (χ0) is 17.2. The highest BCUT2D eigenvalue weighted by Crippen LogP contribution is 2.33. The monoisotopic (exact) mass is 366 g/mol. The van der Waals surface area contributed by atoms with E-state index < -0.39 is 16.0 Å². The first-order valence-electron chi connectivity index (χ1n) is 7.70. The molecule has 0 N–H and O–H groups in total. The third-order valence-electron chi connectivity index (χ3n) is 3.63. The molecule has 0 atom stereocenters. The van der Waals surface area contributed by atoms with Crippen molar-refractivity contribution in [1.82, 2.24) is 9.29 Å². The van der Waals surface area contributed by atoms with Gasteiger partial charge in [0.25, 0.3) is 0 Å². The maximum absolute atomic E-state index is 12.9. The number of carbonyl (C=O) groups is 1. The van der Waals surface area contributed by atoms with Crippen LogP contribution in [-0.2, 0) is 21.3 Å². The molecule has 24 heavy (non-hydrogen) atoms. The van der Waals surface area contributed by atoms with Gasteiger partial charge in [0.05, 0.1) is 18.0 Å². The quantitative estimate of drug-likeness (QED) is 0.704. The highest BCUT2D eigenvalue weighted by molar-refractivity contribution is 7.89. The molecule has 0 bridgehead atoms. The van der Waals surface area contributed by atoms with Crippen molar-refractivity contribution in [2.75, 3.05) is 6.61 Å². The van der Waals surface area contributed by atoms with Crippen LogP contribution in [0.25, 0.3) is 0 Å². The van der Waals surface area contributed by atoms with Gasteiger partial charge in [-0.1, -0.05) is 18.2 Å². The van der Waals surface area contributed by atoms with Crippen LogP contribution in [0.3, 0.4) is 0 Å². The van der Waals surface area contributed by atoms with Gasteiger partial charge in [-0.3, -0.25) is 0 Å². The van der Waals surface area contributed by atoms with Gasteiger partial charge in [0.15, 0.2) is 5.69 Å². The fourth-order valence-corrected chi connectivity index (χ4v) is 4.83. The molecule has 1 aromatic heterocycles. The minimum Gasteiger partial charge on any atom is -0.461 e. The summed E-state index contributed by atoms with van der Waals surface area (Å²) in [5.41, 5.74) is 0.227. The molecule has 2 aromatic rings. The number of hydrogen-bond acceptors (Lipinski definition) is 6.